The van der Waals surface area contributed by atoms with Crippen LogP contribution in [0.4, 0.5) is 0 Å². The molecule has 1 saturated heterocycles. The molecule has 1 aromatic heterocycles. The Morgan fingerprint density at radius 2 is 1.79 bits per heavy atom. The third-order valence-electron chi connectivity index (χ3n) is 4.43. The van der Waals surface area contributed by atoms with Crippen molar-refractivity contribution in [2.75, 3.05) is 33.3 Å². The number of carbonyl (C=O) groups excluding carboxylic acids is 2. The topological polar surface area (TPSA) is 84.0 Å². The average molecular weight is 455 g/mol. The van der Waals surface area contributed by atoms with Gasteiger partial charge in [-0.1, -0.05) is 23.7 Å². The molecule has 0 bridgehead atoms. The van der Waals surface area contributed by atoms with Crippen LogP contribution in [-0.2, 0) is 19.6 Å². The molecule has 7 nitrogen and oxygen atoms in total. The van der Waals surface area contributed by atoms with Gasteiger partial charge >= 0.3 is 5.97 Å². The summed E-state index contributed by atoms with van der Waals surface area (Å²) in [5.41, 5.74) is 1.06. The van der Waals surface area contributed by atoms with Crippen molar-refractivity contribution < 1.29 is 22.7 Å². The van der Waals surface area contributed by atoms with Gasteiger partial charge in [0.25, 0.3) is 10.0 Å². The molecule has 0 spiro atoms. The normalized spacial score (nSPS) is 15.6. The number of piperazine rings is 1. The fourth-order valence-electron chi connectivity index (χ4n) is 2.80. The monoisotopic (exact) mass is 454 g/mol. The van der Waals surface area contributed by atoms with Crippen LogP contribution in [0.5, 0.6) is 0 Å². The molecule has 10 heteroatoms. The molecule has 0 atom stereocenters. The third-order valence-corrected chi connectivity index (χ3v) is 8.00. The average Bonchev–Trinajstić information content (AvgIpc) is 3.24. The summed E-state index contributed by atoms with van der Waals surface area (Å²) in [7, 11) is -2.47. The van der Waals surface area contributed by atoms with E-state index in [2.05, 4.69) is 4.74 Å². The molecule has 1 amide bonds. The van der Waals surface area contributed by atoms with Crippen LogP contribution >= 0.6 is 22.9 Å². The first-order valence-electron chi connectivity index (χ1n) is 8.71. The van der Waals surface area contributed by atoms with Gasteiger partial charge in [0.05, 0.1) is 12.7 Å². The molecule has 1 aliphatic rings. The summed E-state index contributed by atoms with van der Waals surface area (Å²) in [6, 6.07) is 8.41. The highest BCUT2D eigenvalue weighted by molar-refractivity contribution is 7.91. The van der Waals surface area contributed by atoms with Gasteiger partial charge in [0.2, 0.25) is 5.91 Å². The lowest BCUT2D eigenvalue weighted by molar-refractivity contribution is -0.127. The lowest BCUT2D eigenvalue weighted by Crippen LogP contribution is -2.50. The van der Waals surface area contributed by atoms with Crippen molar-refractivity contribution in [3.8, 4) is 0 Å². The Kier molecular flexibility index (Phi) is 6.74. The van der Waals surface area contributed by atoms with E-state index in [0.717, 1.165) is 16.9 Å². The summed E-state index contributed by atoms with van der Waals surface area (Å²) in [5, 5.41) is 2.08. The number of benzene rings is 1. The second kappa shape index (κ2) is 9.08. The molecule has 154 valence electrons. The summed E-state index contributed by atoms with van der Waals surface area (Å²) in [4.78, 5) is 25.5. The molecule has 0 N–H and O–H groups in total. The Hall–Kier alpha value is -2.20. The highest BCUT2D eigenvalue weighted by atomic mass is 35.5. The number of hydrogen-bond donors (Lipinski definition) is 0. The fourth-order valence-corrected chi connectivity index (χ4v) is 5.65. The van der Waals surface area contributed by atoms with Crippen LogP contribution in [0.25, 0.3) is 6.08 Å². The Morgan fingerprint density at radius 1 is 1.14 bits per heavy atom. The van der Waals surface area contributed by atoms with E-state index in [-0.39, 0.29) is 41.9 Å². The molecular formula is C19H19ClN2O5S2. The highest BCUT2D eigenvalue weighted by Gasteiger charge is 2.31. The number of thiophene rings is 1. The summed E-state index contributed by atoms with van der Waals surface area (Å²) >= 11 is 6.82. The number of amides is 1. The lowest BCUT2D eigenvalue weighted by Gasteiger charge is -2.33. The molecule has 0 saturated carbocycles. The van der Waals surface area contributed by atoms with E-state index in [1.165, 1.54) is 28.9 Å². The van der Waals surface area contributed by atoms with E-state index < -0.39 is 16.0 Å². The zero-order valence-corrected chi connectivity index (χ0v) is 18.0. The van der Waals surface area contributed by atoms with E-state index in [1.807, 2.05) is 0 Å². The zero-order valence-electron chi connectivity index (χ0n) is 15.6. The quantitative estimate of drug-likeness (QED) is 0.512. The van der Waals surface area contributed by atoms with E-state index >= 15 is 0 Å². The molecule has 1 aromatic carbocycles. The van der Waals surface area contributed by atoms with Crippen LogP contribution in [-0.4, -0.2) is 62.8 Å². The fraction of sp³-hybridized carbons (Fsp3) is 0.263. The minimum atomic E-state index is -3.72. The Balaban J connectivity index is 1.60. The number of ether oxygens (including phenoxy) is 1. The van der Waals surface area contributed by atoms with Crippen LogP contribution in [0.1, 0.15) is 15.9 Å². The minimum absolute atomic E-state index is 0.0836. The molecule has 0 aliphatic carbocycles. The first-order valence-corrected chi connectivity index (χ1v) is 11.4. The standard InChI is InChI=1S/C19H19ClN2O5S2/c1-27-19(24)15-12-18(28-13-15)29(25,26)22-10-8-21(9-11-22)17(23)7-4-14-2-5-16(20)6-3-14/h2-7,12-13H,8-11H2,1H3/b7-4+. The second-order valence-corrected chi connectivity index (χ2v) is 9.77. The predicted octanol–water partition coefficient (Wildman–Crippen LogP) is 2.73. The molecule has 0 unspecified atom stereocenters. The number of halogens is 1. The maximum Gasteiger partial charge on any atom is 0.338 e. The first-order chi connectivity index (χ1) is 13.8. The molecule has 2 heterocycles. The van der Waals surface area contributed by atoms with Crippen molar-refractivity contribution in [3.63, 3.8) is 0 Å². The Morgan fingerprint density at radius 3 is 2.41 bits per heavy atom. The van der Waals surface area contributed by atoms with Gasteiger partial charge in [0.1, 0.15) is 4.21 Å². The summed E-state index contributed by atoms with van der Waals surface area (Å²) in [5.74, 6) is -0.758. The van der Waals surface area contributed by atoms with Gasteiger partial charge in [-0.3, -0.25) is 4.79 Å². The van der Waals surface area contributed by atoms with Gasteiger partial charge in [-0.15, -0.1) is 11.3 Å². The summed E-state index contributed by atoms with van der Waals surface area (Å²) in [6.07, 6.45) is 3.16. The summed E-state index contributed by atoms with van der Waals surface area (Å²) in [6.45, 7) is 0.957. The van der Waals surface area contributed by atoms with E-state index in [4.69, 9.17) is 11.6 Å². The molecule has 3 rings (SSSR count). The zero-order chi connectivity index (χ0) is 21.0. The van der Waals surface area contributed by atoms with Gasteiger partial charge in [-0.05, 0) is 29.8 Å². The van der Waals surface area contributed by atoms with Crippen LogP contribution in [0, 0.1) is 0 Å². The number of sulfonamides is 1. The third kappa shape index (κ3) is 5.05. The maximum atomic E-state index is 12.8. The first kappa shape index (κ1) is 21.5. The molecule has 0 radical (unpaired) electrons. The predicted molar refractivity (Wildman–Crippen MR) is 111 cm³/mol. The highest BCUT2D eigenvalue weighted by Crippen LogP contribution is 2.25. The lowest BCUT2D eigenvalue weighted by atomic mass is 10.2. The smallest absolute Gasteiger partial charge is 0.338 e. The SMILES string of the molecule is COC(=O)c1csc(S(=O)(=O)N2CCN(C(=O)/C=C/c3ccc(Cl)cc3)CC2)c1. The number of rotatable bonds is 5. The number of nitrogens with zero attached hydrogens (tertiary/aromatic N) is 2. The molecule has 2 aromatic rings. The number of esters is 1. The van der Waals surface area contributed by atoms with Gasteiger partial charge in [-0.25, -0.2) is 13.2 Å². The van der Waals surface area contributed by atoms with Gasteiger partial charge in [-0.2, -0.15) is 4.31 Å². The van der Waals surface area contributed by atoms with Crippen molar-refractivity contribution in [1.29, 1.82) is 0 Å². The van der Waals surface area contributed by atoms with Crippen molar-refractivity contribution in [2.45, 2.75) is 4.21 Å². The van der Waals surface area contributed by atoms with Crippen molar-refractivity contribution in [2.24, 2.45) is 0 Å². The molecular weight excluding hydrogens is 436 g/mol. The number of carbonyl (C=O) groups is 2. The van der Waals surface area contributed by atoms with E-state index in [0.29, 0.717) is 5.02 Å². The van der Waals surface area contributed by atoms with Crippen LogP contribution in [0.15, 0.2) is 46.0 Å². The Labute approximate surface area is 178 Å². The maximum absolute atomic E-state index is 12.8. The van der Waals surface area contributed by atoms with Crippen molar-refractivity contribution in [3.05, 3.63) is 57.9 Å². The molecule has 1 aliphatic heterocycles. The van der Waals surface area contributed by atoms with Gasteiger partial charge in [0.15, 0.2) is 0 Å². The van der Waals surface area contributed by atoms with Crippen LogP contribution < -0.4 is 0 Å². The number of hydrogen-bond acceptors (Lipinski definition) is 6. The van der Waals surface area contributed by atoms with E-state index in [1.54, 1.807) is 35.2 Å². The van der Waals surface area contributed by atoms with Gasteiger partial charge in [0, 0.05) is 42.7 Å². The Bertz CT molecular complexity index is 1020. The van der Waals surface area contributed by atoms with Crippen molar-refractivity contribution >= 4 is 50.9 Å². The van der Waals surface area contributed by atoms with Crippen LogP contribution in [0.2, 0.25) is 5.02 Å². The largest absolute Gasteiger partial charge is 0.465 e. The van der Waals surface area contributed by atoms with Crippen LogP contribution in [0.3, 0.4) is 0 Å². The summed E-state index contributed by atoms with van der Waals surface area (Å²) < 4.78 is 31.6. The van der Waals surface area contributed by atoms with Gasteiger partial charge < -0.3 is 9.64 Å². The number of methoxy groups -OCH3 is 1. The molecule has 1 fully saturated rings. The minimum Gasteiger partial charge on any atom is -0.465 e. The molecule has 29 heavy (non-hydrogen) atoms. The second-order valence-electron chi connectivity index (χ2n) is 6.26. The van der Waals surface area contributed by atoms with E-state index in [9.17, 15) is 18.0 Å². The van der Waals surface area contributed by atoms with Crippen molar-refractivity contribution in [1.82, 2.24) is 9.21 Å².